The van der Waals surface area contributed by atoms with E-state index in [0.29, 0.717) is 17.7 Å². The molecule has 0 aromatic carbocycles. The van der Waals surface area contributed by atoms with Crippen LogP contribution in [0.5, 0.6) is 0 Å². The van der Waals surface area contributed by atoms with Crippen LogP contribution < -0.4 is 5.48 Å². The first-order valence-corrected chi connectivity index (χ1v) is 4.24. The second kappa shape index (κ2) is 4.04. The van der Waals surface area contributed by atoms with Crippen molar-refractivity contribution in [3.8, 4) is 0 Å². The maximum Gasteiger partial charge on any atom is 0.408 e. The first kappa shape index (κ1) is 11.1. The van der Waals surface area contributed by atoms with E-state index in [0.717, 1.165) is 0 Å². The molecular formula is C7H11F3N2O2. The number of likely N-dealkylation sites (tertiary alicyclic amines) is 1. The molecule has 1 heterocycles. The van der Waals surface area contributed by atoms with Gasteiger partial charge in [-0.1, -0.05) is 0 Å². The third-order valence-electron chi connectivity index (χ3n) is 2.24. The van der Waals surface area contributed by atoms with Crippen LogP contribution in [0, 0.1) is 0 Å². The smallest absolute Gasteiger partial charge is 0.311 e. The lowest BCUT2D eigenvalue weighted by Crippen LogP contribution is -2.54. The van der Waals surface area contributed by atoms with Crippen molar-refractivity contribution < 1.29 is 23.2 Å². The monoisotopic (exact) mass is 212 g/mol. The van der Waals surface area contributed by atoms with Crippen LogP contribution in [-0.2, 0) is 0 Å². The summed E-state index contributed by atoms with van der Waals surface area (Å²) in [4.78, 5) is 11.5. The molecular weight excluding hydrogens is 201 g/mol. The molecule has 0 bridgehead atoms. The maximum absolute atomic E-state index is 12.4. The van der Waals surface area contributed by atoms with Gasteiger partial charge in [0, 0.05) is 6.54 Å². The second-order valence-corrected chi connectivity index (χ2v) is 3.16. The fraction of sp³-hybridized carbons (Fsp3) is 0.857. The van der Waals surface area contributed by atoms with Gasteiger partial charge in [0.25, 0.3) is 0 Å². The first-order chi connectivity index (χ1) is 6.46. The van der Waals surface area contributed by atoms with Gasteiger partial charge in [0.15, 0.2) is 0 Å². The lowest BCUT2D eigenvalue weighted by Gasteiger charge is -2.35. The summed E-state index contributed by atoms with van der Waals surface area (Å²) in [6.07, 6.45) is -3.55. The molecule has 1 atom stereocenters. The Labute approximate surface area is 78.6 Å². The van der Waals surface area contributed by atoms with Crippen molar-refractivity contribution in [3.63, 3.8) is 0 Å². The Morgan fingerprint density at radius 3 is 2.57 bits per heavy atom. The third-order valence-corrected chi connectivity index (χ3v) is 2.24. The topological polar surface area (TPSA) is 52.6 Å². The Bertz CT molecular complexity index is 219. The molecule has 2 amide bonds. The molecule has 0 aliphatic carbocycles. The highest BCUT2D eigenvalue weighted by Gasteiger charge is 2.46. The molecule has 1 rings (SSSR count). The summed E-state index contributed by atoms with van der Waals surface area (Å²) >= 11 is 0. The van der Waals surface area contributed by atoms with Gasteiger partial charge in [-0.05, 0) is 19.3 Å². The van der Waals surface area contributed by atoms with Crippen LogP contribution in [-0.4, -0.2) is 34.9 Å². The number of hydrogen-bond donors (Lipinski definition) is 2. The summed E-state index contributed by atoms with van der Waals surface area (Å²) in [5, 5.41) is 8.26. The van der Waals surface area contributed by atoms with Gasteiger partial charge in [-0.2, -0.15) is 13.2 Å². The molecule has 0 aromatic heterocycles. The fourth-order valence-corrected chi connectivity index (χ4v) is 1.58. The van der Waals surface area contributed by atoms with Gasteiger partial charge in [-0.3, -0.25) is 5.21 Å². The third kappa shape index (κ3) is 2.28. The van der Waals surface area contributed by atoms with Crippen LogP contribution in [0.4, 0.5) is 18.0 Å². The van der Waals surface area contributed by atoms with Crippen LogP contribution in [0.15, 0.2) is 0 Å². The van der Waals surface area contributed by atoms with Crippen molar-refractivity contribution >= 4 is 6.03 Å². The predicted molar refractivity (Wildman–Crippen MR) is 40.7 cm³/mol. The number of rotatable bonds is 0. The number of carbonyl (C=O) groups excluding carboxylic acids is 1. The molecule has 1 aliphatic rings. The number of halogens is 3. The van der Waals surface area contributed by atoms with E-state index in [1.165, 1.54) is 5.48 Å². The molecule has 1 unspecified atom stereocenters. The summed E-state index contributed by atoms with van der Waals surface area (Å²) in [5.74, 6) is 0. The van der Waals surface area contributed by atoms with Gasteiger partial charge >= 0.3 is 12.2 Å². The van der Waals surface area contributed by atoms with Crippen molar-refractivity contribution in [1.29, 1.82) is 0 Å². The van der Waals surface area contributed by atoms with E-state index in [9.17, 15) is 18.0 Å². The normalized spacial score (nSPS) is 23.4. The van der Waals surface area contributed by atoms with Crippen molar-refractivity contribution in [2.75, 3.05) is 6.54 Å². The Balaban J connectivity index is 2.74. The van der Waals surface area contributed by atoms with Gasteiger partial charge in [0.1, 0.15) is 6.04 Å². The molecule has 1 fully saturated rings. The predicted octanol–water partition coefficient (Wildman–Crippen LogP) is 1.50. The highest BCUT2D eigenvalue weighted by Crippen LogP contribution is 2.31. The molecule has 82 valence electrons. The zero-order valence-electron chi connectivity index (χ0n) is 7.34. The Morgan fingerprint density at radius 1 is 1.43 bits per heavy atom. The summed E-state index contributed by atoms with van der Waals surface area (Å²) in [5.41, 5.74) is 1.22. The molecule has 0 spiro atoms. The molecule has 0 aromatic rings. The minimum absolute atomic E-state index is 0.0244. The van der Waals surface area contributed by atoms with Gasteiger partial charge in [-0.25, -0.2) is 10.3 Å². The van der Waals surface area contributed by atoms with Crippen molar-refractivity contribution in [1.82, 2.24) is 10.4 Å². The lowest BCUT2D eigenvalue weighted by atomic mass is 10.0. The summed E-state index contributed by atoms with van der Waals surface area (Å²) in [7, 11) is 0. The number of piperidine rings is 1. The Morgan fingerprint density at radius 2 is 2.07 bits per heavy atom. The number of alkyl halides is 3. The molecule has 7 heteroatoms. The van der Waals surface area contributed by atoms with E-state index in [1.807, 2.05) is 0 Å². The van der Waals surface area contributed by atoms with E-state index >= 15 is 0 Å². The molecule has 14 heavy (non-hydrogen) atoms. The fourth-order valence-electron chi connectivity index (χ4n) is 1.58. The van der Waals surface area contributed by atoms with Gasteiger partial charge in [0.2, 0.25) is 0 Å². The average Bonchev–Trinajstić information content (AvgIpc) is 2.15. The number of hydrogen-bond acceptors (Lipinski definition) is 2. The number of nitrogens with one attached hydrogen (secondary N) is 1. The SMILES string of the molecule is O=C(NO)N1CCCCC1C(F)(F)F. The minimum atomic E-state index is -4.42. The number of urea groups is 1. The maximum atomic E-state index is 12.4. The van der Waals surface area contributed by atoms with E-state index in [2.05, 4.69) is 0 Å². The molecule has 2 N–H and O–H groups in total. The van der Waals surface area contributed by atoms with Crippen LogP contribution in [0.3, 0.4) is 0 Å². The van der Waals surface area contributed by atoms with Crippen molar-refractivity contribution in [2.45, 2.75) is 31.5 Å². The number of amides is 2. The highest BCUT2D eigenvalue weighted by atomic mass is 19.4. The van der Waals surface area contributed by atoms with E-state index in [-0.39, 0.29) is 13.0 Å². The van der Waals surface area contributed by atoms with Crippen LogP contribution in [0.1, 0.15) is 19.3 Å². The second-order valence-electron chi connectivity index (χ2n) is 3.16. The summed E-state index contributed by atoms with van der Waals surface area (Å²) in [6, 6.07) is -2.87. The van der Waals surface area contributed by atoms with Crippen molar-refractivity contribution in [3.05, 3.63) is 0 Å². The van der Waals surface area contributed by atoms with Gasteiger partial charge < -0.3 is 4.90 Å². The summed E-state index contributed by atoms with van der Waals surface area (Å²) < 4.78 is 37.2. The number of carbonyl (C=O) groups is 1. The van der Waals surface area contributed by atoms with E-state index in [1.54, 1.807) is 0 Å². The van der Waals surface area contributed by atoms with Crippen LogP contribution in [0.25, 0.3) is 0 Å². The number of nitrogens with zero attached hydrogens (tertiary/aromatic N) is 1. The summed E-state index contributed by atoms with van der Waals surface area (Å²) in [6.45, 7) is 0.0244. The standard InChI is InChI=1S/C7H11F3N2O2/c8-7(9,10)5-3-1-2-4-12(5)6(13)11-14/h5,14H,1-4H2,(H,11,13). The quantitative estimate of drug-likeness (QED) is 0.472. The Hall–Kier alpha value is -0.980. The zero-order chi connectivity index (χ0) is 10.8. The highest BCUT2D eigenvalue weighted by molar-refractivity contribution is 5.73. The van der Waals surface area contributed by atoms with Crippen LogP contribution in [0.2, 0.25) is 0 Å². The molecule has 0 radical (unpaired) electrons. The van der Waals surface area contributed by atoms with Gasteiger partial charge in [0.05, 0.1) is 0 Å². The molecule has 0 saturated carbocycles. The molecule has 1 saturated heterocycles. The van der Waals surface area contributed by atoms with E-state index in [4.69, 9.17) is 5.21 Å². The first-order valence-electron chi connectivity index (χ1n) is 4.24. The van der Waals surface area contributed by atoms with Crippen LogP contribution >= 0.6 is 0 Å². The lowest BCUT2D eigenvalue weighted by molar-refractivity contribution is -0.183. The minimum Gasteiger partial charge on any atom is -0.311 e. The average molecular weight is 212 g/mol. The Kier molecular flexibility index (Phi) is 3.20. The molecule has 4 nitrogen and oxygen atoms in total. The number of hydroxylamine groups is 1. The van der Waals surface area contributed by atoms with Gasteiger partial charge in [-0.15, -0.1) is 0 Å². The van der Waals surface area contributed by atoms with Crippen molar-refractivity contribution in [2.24, 2.45) is 0 Å². The molecule has 1 aliphatic heterocycles. The largest absolute Gasteiger partial charge is 0.408 e. The van der Waals surface area contributed by atoms with E-state index < -0.39 is 18.2 Å². The zero-order valence-corrected chi connectivity index (χ0v) is 7.34.